The van der Waals surface area contributed by atoms with E-state index in [0.717, 1.165) is 40.7 Å². The molecule has 0 fully saturated rings. The van der Waals surface area contributed by atoms with Crippen molar-refractivity contribution in [1.82, 2.24) is 9.47 Å². The molecular formula is C26H26N2O2. The third kappa shape index (κ3) is 4.29. The topological polar surface area (TPSA) is 34.5 Å². The summed E-state index contributed by atoms with van der Waals surface area (Å²) in [5.74, 6) is 0.779. The number of aromatic nitrogens is 1. The molecule has 4 aromatic rings. The molecule has 0 aliphatic carbocycles. The van der Waals surface area contributed by atoms with Crippen molar-refractivity contribution in [2.24, 2.45) is 0 Å². The van der Waals surface area contributed by atoms with E-state index in [1.54, 1.807) is 4.57 Å². The smallest absolute Gasteiger partial charge is 0.262 e. The number of fused-ring (bicyclic) bond motifs is 1. The highest BCUT2D eigenvalue weighted by Crippen LogP contribution is 2.32. The van der Waals surface area contributed by atoms with Gasteiger partial charge in [0.2, 0.25) is 0 Å². The van der Waals surface area contributed by atoms with Crippen LogP contribution in [0.1, 0.15) is 21.5 Å². The average molecular weight is 399 g/mol. The molecule has 1 aromatic heterocycles. The maximum atomic E-state index is 13.2. The van der Waals surface area contributed by atoms with E-state index in [0.29, 0.717) is 12.2 Å². The summed E-state index contributed by atoms with van der Waals surface area (Å²) in [4.78, 5) is 15.4. The Morgan fingerprint density at radius 3 is 2.30 bits per heavy atom. The van der Waals surface area contributed by atoms with Crippen molar-refractivity contribution in [1.29, 1.82) is 0 Å². The van der Waals surface area contributed by atoms with Gasteiger partial charge >= 0.3 is 0 Å². The van der Waals surface area contributed by atoms with Crippen LogP contribution in [0, 0.1) is 0 Å². The van der Waals surface area contributed by atoms with Gasteiger partial charge in [-0.3, -0.25) is 9.36 Å². The van der Waals surface area contributed by atoms with Crippen molar-refractivity contribution < 1.29 is 9.53 Å². The lowest BCUT2D eigenvalue weighted by molar-refractivity contribution is 0.0965. The van der Waals surface area contributed by atoms with Gasteiger partial charge in [-0.1, -0.05) is 54.6 Å². The largest absolute Gasteiger partial charge is 0.488 e. The number of ether oxygens (including phenoxy) is 1. The monoisotopic (exact) mass is 398 g/mol. The summed E-state index contributed by atoms with van der Waals surface area (Å²) in [6, 6.07) is 25.5. The molecule has 4 rings (SSSR count). The zero-order valence-corrected chi connectivity index (χ0v) is 17.4. The van der Waals surface area contributed by atoms with Gasteiger partial charge in [0.15, 0.2) is 0 Å². The molecule has 0 spiro atoms. The Labute approximate surface area is 177 Å². The first-order valence-electron chi connectivity index (χ1n) is 10.2. The van der Waals surface area contributed by atoms with Crippen LogP contribution < -0.4 is 4.74 Å². The molecule has 0 unspecified atom stereocenters. The van der Waals surface area contributed by atoms with Crippen molar-refractivity contribution in [3.8, 4) is 5.75 Å². The fourth-order valence-corrected chi connectivity index (χ4v) is 3.61. The van der Waals surface area contributed by atoms with Crippen molar-refractivity contribution in [2.75, 3.05) is 20.6 Å². The van der Waals surface area contributed by atoms with Gasteiger partial charge in [-0.25, -0.2) is 0 Å². The molecule has 0 bridgehead atoms. The Balaban J connectivity index is 1.75. The molecule has 0 saturated carbocycles. The van der Waals surface area contributed by atoms with Gasteiger partial charge in [0.1, 0.15) is 12.4 Å². The SMILES string of the molecule is CN(C)CCc1cn(C(=O)c2ccccc2)c2cccc(OCc3ccccc3)c12. The second-order valence-corrected chi connectivity index (χ2v) is 7.67. The zero-order valence-electron chi connectivity index (χ0n) is 17.4. The number of likely N-dealkylation sites (N-methyl/N-ethyl adjacent to an activating group) is 1. The van der Waals surface area contributed by atoms with Crippen LogP contribution in [0.2, 0.25) is 0 Å². The number of hydrogen-bond donors (Lipinski definition) is 0. The minimum Gasteiger partial charge on any atom is -0.488 e. The normalized spacial score (nSPS) is 11.2. The molecule has 0 amide bonds. The molecule has 152 valence electrons. The van der Waals surface area contributed by atoms with Crippen molar-refractivity contribution in [2.45, 2.75) is 13.0 Å². The minimum atomic E-state index is -0.0306. The lowest BCUT2D eigenvalue weighted by atomic mass is 10.1. The molecule has 3 aromatic carbocycles. The maximum Gasteiger partial charge on any atom is 0.262 e. The number of hydrogen-bond acceptors (Lipinski definition) is 3. The highest BCUT2D eigenvalue weighted by Gasteiger charge is 2.18. The van der Waals surface area contributed by atoms with E-state index in [4.69, 9.17) is 4.74 Å². The lowest BCUT2D eigenvalue weighted by Crippen LogP contribution is -2.15. The summed E-state index contributed by atoms with van der Waals surface area (Å²) in [5, 5.41) is 1.01. The van der Waals surface area contributed by atoms with Crippen LogP contribution in [-0.4, -0.2) is 36.0 Å². The van der Waals surface area contributed by atoms with Crippen LogP contribution in [0.3, 0.4) is 0 Å². The molecule has 30 heavy (non-hydrogen) atoms. The number of nitrogens with zero attached hydrogens (tertiary/aromatic N) is 2. The minimum absolute atomic E-state index is 0.0306. The standard InChI is InChI=1S/C26H26N2O2/c1-27(2)17-16-22-18-28(26(29)21-12-7-4-8-13-21)23-14-9-15-24(25(22)23)30-19-20-10-5-3-6-11-20/h3-15,18H,16-17,19H2,1-2H3. The van der Waals surface area contributed by atoms with Crippen LogP contribution in [-0.2, 0) is 13.0 Å². The van der Waals surface area contributed by atoms with E-state index in [9.17, 15) is 4.79 Å². The molecular weight excluding hydrogens is 372 g/mol. The van der Waals surface area contributed by atoms with E-state index in [-0.39, 0.29) is 5.91 Å². The average Bonchev–Trinajstić information content (AvgIpc) is 3.16. The highest BCUT2D eigenvalue weighted by molar-refractivity contribution is 6.04. The maximum absolute atomic E-state index is 13.2. The second kappa shape index (κ2) is 8.97. The predicted octanol–water partition coefficient (Wildman–Crippen LogP) is 5.01. The molecule has 0 radical (unpaired) electrons. The summed E-state index contributed by atoms with van der Waals surface area (Å²) >= 11 is 0. The summed E-state index contributed by atoms with van der Waals surface area (Å²) in [7, 11) is 4.11. The van der Waals surface area contributed by atoms with Gasteiger partial charge in [0.25, 0.3) is 5.91 Å². The van der Waals surface area contributed by atoms with Crippen LogP contribution in [0.5, 0.6) is 5.75 Å². The van der Waals surface area contributed by atoms with E-state index >= 15 is 0 Å². The van der Waals surface area contributed by atoms with E-state index < -0.39 is 0 Å². The molecule has 4 nitrogen and oxygen atoms in total. The molecule has 0 saturated heterocycles. The molecule has 0 aliphatic rings. The lowest BCUT2D eigenvalue weighted by Gasteiger charge is -2.11. The summed E-state index contributed by atoms with van der Waals surface area (Å²) < 4.78 is 7.97. The first kappa shape index (κ1) is 19.9. The number of benzene rings is 3. The first-order valence-corrected chi connectivity index (χ1v) is 10.2. The Hall–Kier alpha value is -3.37. The van der Waals surface area contributed by atoms with Crippen LogP contribution >= 0.6 is 0 Å². The highest BCUT2D eigenvalue weighted by atomic mass is 16.5. The van der Waals surface area contributed by atoms with Crippen LogP contribution in [0.15, 0.2) is 85.1 Å². The summed E-state index contributed by atoms with van der Waals surface area (Å²) in [6.45, 7) is 1.39. The van der Waals surface area contributed by atoms with Gasteiger partial charge in [0, 0.05) is 23.7 Å². The van der Waals surface area contributed by atoms with Gasteiger partial charge in [-0.2, -0.15) is 0 Å². The molecule has 0 atom stereocenters. The van der Waals surface area contributed by atoms with Gasteiger partial charge in [0.05, 0.1) is 5.52 Å². The summed E-state index contributed by atoms with van der Waals surface area (Å²) in [5.41, 5.74) is 3.78. The quantitative estimate of drug-likeness (QED) is 0.439. The van der Waals surface area contributed by atoms with E-state index in [1.165, 1.54) is 0 Å². The van der Waals surface area contributed by atoms with Gasteiger partial charge in [-0.05, 0) is 55.9 Å². The third-order valence-electron chi connectivity index (χ3n) is 5.17. The number of carbonyl (C=O) groups excluding carboxylic acids is 1. The van der Waals surface area contributed by atoms with E-state index in [2.05, 4.69) is 31.1 Å². The molecule has 1 heterocycles. The summed E-state index contributed by atoms with van der Waals surface area (Å²) in [6.07, 6.45) is 2.81. The van der Waals surface area contributed by atoms with E-state index in [1.807, 2.05) is 72.9 Å². The molecule has 4 heteroatoms. The van der Waals surface area contributed by atoms with Crippen molar-refractivity contribution in [3.63, 3.8) is 0 Å². The van der Waals surface area contributed by atoms with Gasteiger partial charge in [-0.15, -0.1) is 0 Å². The Bertz CT molecular complexity index is 1130. The molecule has 0 aliphatic heterocycles. The number of carbonyl (C=O) groups is 1. The second-order valence-electron chi connectivity index (χ2n) is 7.67. The van der Waals surface area contributed by atoms with Crippen molar-refractivity contribution in [3.05, 3.63) is 102 Å². The van der Waals surface area contributed by atoms with Crippen molar-refractivity contribution >= 4 is 16.8 Å². The molecule has 0 N–H and O–H groups in total. The fraction of sp³-hybridized carbons (Fsp3) is 0.192. The zero-order chi connectivity index (χ0) is 20.9. The number of rotatable bonds is 7. The fourth-order valence-electron chi connectivity index (χ4n) is 3.61. The predicted molar refractivity (Wildman–Crippen MR) is 121 cm³/mol. The first-order chi connectivity index (χ1) is 14.6. The Morgan fingerprint density at radius 1 is 0.900 bits per heavy atom. The third-order valence-corrected chi connectivity index (χ3v) is 5.17. The Kier molecular flexibility index (Phi) is 5.96. The Morgan fingerprint density at radius 2 is 1.60 bits per heavy atom. The van der Waals surface area contributed by atoms with Crippen LogP contribution in [0.4, 0.5) is 0 Å². The van der Waals surface area contributed by atoms with Gasteiger partial charge < -0.3 is 9.64 Å². The van der Waals surface area contributed by atoms with Crippen LogP contribution in [0.25, 0.3) is 10.9 Å².